The number of ether oxygens (including phenoxy) is 1. The van der Waals surface area contributed by atoms with Gasteiger partial charge in [0.15, 0.2) is 0 Å². The Bertz CT molecular complexity index is 509. The molecule has 2 N–H and O–H groups in total. The van der Waals surface area contributed by atoms with E-state index in [0.29, 0.717) is 19.7 Å². The Morgan fingerprint density at radius 2 is 2.00 bits per heavy atom. The second-order valence-corrected chi connectivity index (χ2v) is 4.93. The molecule has 1 atom stereocenters. The molecule has 104 valence electrons. The molecule has 19 heavy (non-hydrogen) atoms. The maximum absolute atomic E-state index is 9.52. The van der Waals surface area contributed by atoms with Crippen LogP contribution in [-0.4, -0.2) is 31.5 Å². The predicted octanol–water partition coefficient (Wildman–Crippen LogP) is 2.15. The van der Waals surface area contributed by atoms with Crippen molar-refractivity contribution in [2.45, 2.75) is 26.5 Å². The van der Waals surface area contributed by atoms with Gasteiger partial charge >= 0.3 is 0 Å². The lowest BCUT2D eigenvalue weighted by Crippen LogP contribution is -2.29. The number of benzene rings is 1. The molecular weight excluding hydrogens is 242 g/mol. The average Bonchev–Trinajstić information content (AvgIpc) is 2.72. The number of aliphatic hydroxyl groups is 1. The van der Waals surface area contributed by atoms with Crippen LogP contribution < -0.4 is 5.32 Å². The number of methoxy groups -OCH3 is 1. The monoisotopic (exact) mass is 263 g/mol. The SMILES string of the molecule is COCC(O)CNCc1cc2cc(C)c(C)cc2o1. The third kappa shape index (κ3) is 3.56. The third-order valence-electron chi connectivity index (χ3n) is 3.22. The molecule has 4 heteroatoms. The fourth-order valence-electron chi connectivity index (χ4n) is 2.06. The number of rotatable bonds is 6. The van der Waals surface area contributed by atoms with E-state index in [1.165, 1.54) is 11.1 Å². The summed E-state index contributed by atoms with van der Waals surface area (Å²) in [5.74, 6) is 0.879. The smallest absolute Gasteiger partial charge is 0.134 e. The van der Waals surface area contributed by atoms with E-state index in [0.717, 1.165) is 16.7 Å². The van der Waals surface area contributed by atoms with Crippen LogP contribution in [0.25, 0.3) is 11.0 Å². The molecule has 0 fully saturated rings. The van der Waals surface area contributed by atoms with Crippen LogP contribution in [0.15, 0.2) is 22.6 Å². The fourth-order valence-corrected chi connectivity index (χ4v) is 2.06. The van der Waals surface area contributed by atoms with Crippen molar-refractivity contribution < 1.29 is 14.3 Å². The Labute approximate surface area is 113 Å². The summed E-state index contributed by atoms with van der Waals surface area (Å²) in [6, 6.07) is 6.24. The van der Waals surface area contributed by atoms with Crippen LogP contribution in [0.2, 0.25) is 0 Å². The van der Waals surface area contributed by atoms with E-state index in [2.05, 4.69) is 31.3 Å². The number of hydrogen-bond donors (Lipinski definition) is 2. The number of nitrogens with one attached hydrogen (secondary N) is 1. The molecule has 1 aromatic carbocycles. The van der Waals surface area contributed by atoms with E-state index >= 15 is 0 Å². The van der Waals surface area contributed by atoms with Crippen LogP contribution in [0.4, 0.5) is 0 Å². The van der Waals surface area contributed by atoms with Crippen molar-refractivity contribution in [1.82, 2.24) is 5.32 Å². The van der Waals surface area contributed by atoms with Crippen molar-refractivity contribution in [3.63, 3.8) is 0 Å². The molecular formula is C15H21NO3. The van der Waals surface area contributed by atoms with Crippen LogP contribution in [0.3, 0.4) is 0 Å². The summed E-state index contributed by atoms with van der Waals surface area (Å²) in [7, 11) is 1.58. The molecule has 4 nitrogen and oxygen atoms in total. The zero-order valence-corrected chi connectivity index (χ0v) is 11.7. The van der Waals surface area contributed by atoms with Crippen LogP contribution in [0.1, 0.15) is 16.9 Å². The van der Waals surface area contributed by atoms with Gasteiger partial charge in [0.05, 0.1) is 19.3 Å². The van der Waals surface area contributed by atoms with Gasteiger partial charge in [-0.1, -0.05) is 0 Å². The van der Waals surface area contributed by atoms with Crippen LogP contribution in [-0.2, 0) is 11.3 Å². The summed E-state index contributed by atoms with van der Waals surface area (Å²) in [4.78, 5) is 0. The van der Waals surface area contributed by atoms with Crippen molar-refractivity contribution in [3.8, 4) is 0 Å². The molecule has 1 heterocycles. The second kappa shape index (κ2) is 6.19. The first kappa shape index (κ1) is 14.1. The summed E-state index contributed by atoms with van der Waals surface area (Å²) in [6.07, 6.45) is -0.487. The topological polar surface area (TPSA) is 54.6 Å². The molecule has 0 aliphatic rings. The highest BCUT2D eigenvalue weighted by molar-refractivity contribution is 5.79. The van der Waals surface area contributed by atoms with Crippen molar-refractivity contribution in [2.24, 2.45) is 0 Å². The molecule has 0 spiro atoms. The van der Waals surface area contributed by atoms with Gasteiger partial charge in [-0.15, -0.1) is 0 Å². The minimum atomic E-state index is -0.487. The van der Waals surface area contributed by atoms with Gasteiger partial charge in [-0.25, -0.2) is 0 Å². The first-order valence-electron chi connectivity index (χ1n) is 6.47. The third-order valence-corrected chi connectivity index (χ3v) is 3.22. The van der Waals surface area contributed by atoms with E-state index in [4.69, 9.17) is 9.15 Å². The van der Waals surface area contributed by atoms with Crippen LogP contribution in [0.5, 0.6) is 0 Å². The lowest BCUT2D eigenvalue weighted by molar-refractivity contribution is 0.0641. The fraction of sp³-hybridized carbons (Fsp3) is 0.467. The first-order valence-corrected chi connectivity index (χ1v) is 6.47. The molecule has 0 amide bonds. The van der Waals surface area contributed by atoms with Gasteiger partial charge < -0.3 is 19.6 Å². The van der Waals surface area contributed by atoms with E-state index in [1.54, 1.807) is 7.11 Å². The molecule has 0 saturated carbocycles. The lowest BCUT2D eigenvalue weighted by atomic mass is 10.1. The van der Waals surface area contributed by atoms with E-state index in [-0.39, 0.29) is 0 Å². The largest absolute Gasteiger partial charge is 0.460 e. The van der Waals surface area contributed by atoms with E-state index < -0.39 is 6.10 Å². The Kier molecular flexibility index (Phi) is 4.58. The number of fused-ring (bicyclic) bond motifs is 1. The Morgan fingerprint density at radius 3 is 2.74 bits per heavy atom. The molecule has 2 aromatic rings. The zero-order chi connectivity index (χ0) is 13.8. The highest BCUT2D eigenvalue weighted by Gasteiger charge is 2.07. The first-order chi connectivity index (χ1) is 9.10. The highest BCUT2D eigenvalue weighted by Crippen LogP contribution is 2.23. The maximum atomic E-state index is 9.52. The van der Waals surface area contributed by atoms with Gasteiger partial charge in [-0.05, 0) is 43.2 Å². The van der Waals surface area contributed by atoms with Gasteiger partial charge in [0.1, 0.15) is 11.3 Å². The van der Waals surface area contributed by atoms with Crippen molar-refractivity contribution in [1.29, 1.82) is 0 Å². The summed E-state index contributed by atoms with van der Waals surface area (Å²) in [6.45, 7) is 5.61. The van der Waals surface area contributed by atoms with Gasteiger partial charge in [0, 0.05) is 19.0 Å². The summed E-state index contributed by atoms with van der Waals surface area (Å²) in [5, 5.41) is 13.8. The molecule has 2 rings (SSSR count). The highest BCUT2D eigenvalue weighted by atomic mass is 16.5. The van der Waals surface area contributed by atoms with Crippen molar-refractivity contribution in [3.05, 3.63) is 35.1 Å². The minimum absolute atomic E-state index is 0.339. The molecule has 1 unspecified atom stereocenters. The van der Waals surface area contributed by atoms with E-state index in [9.17, 15) is 5.11 Å². The summed E-state index contributed by atoms with van der Waals surface area (Å²) >= 11 is 0. The number of aryl methyl sites for hydroxylation is 2. The van der Waals surface area contributed by atoms with Crippen LogP contribution in [0, 0.1) is 13.8 Å². The maximum Gasteiger partial charge on any atom is 0.134 e. The van der Waals surface area contributed by atoms with E-state index in [1.807, 2.05) is 6.07 Å². The Morgan fingerprint density at radius 1 is 1.26 bits per heavy atom. The predicted molar refractivity (Wildman–Crippen MR) is 75.3 cm³/mol. The van der Waals surface area contributed by atoms with Crippen LogP contribution >= 0.6 is 0 Å². The Balaban J connectivity index is 1.98. The average molecular weight is 263 g/mol. The van der Waals surface area contributed by atoms with Gasteiger partial charge in [0.2, 0.25) is 0 Å². The quantitative estimate of drug-likeness (QED) is 0.838. The standard InChI is InChI=1S/C15H21NO3/c1-10-4-12-6-14(19-15(12)5-11(10)2)8-16-7-13(17)9-18-3/h4-6,13,16-17H,7-9H2,1-3H3. The summed E-state index contributed by atoms with van der Waals surface area (Å²) in [5.41, 5.74) is 3.41. The number of aliphatic hydroxyl groups excluding tert-OH is 1. The molecule has 1 aromatic heterocycles. The minimum Gasteiger partial charge on any atom is -0.460 e. The second-order valence-electron chi connectivity index (χ2n) is 4.93. The van der Waals surface area contributed by atoms with Crippen molar-refractivity contribution in [2.75, 3.05) is 20.3 Å². The molecule has 0 bridgehead atoms. The molecule has 0 aliphatic heterocycles. The summed E-state index contributed by atoms with van der Waals surface area (Å²) < 4.78 is 10.6. The zero-order valence-electron chi connectivity index (χ0n) is 11.7. The Hall–Kier alpha value is -1.36. The van der Waals surface area contributed by atoms with Gasteiger partial charge in [-0.3, -0.25) is 0 Å². The van der Waals surface area contributed by atoms with Crippen molar-refractivity contribution >= 4 is 11.0 Å². The van der Waals surface area contributed by atoms with Gasteiger partial charge in [0.25, 0.3) is 0 Å². The number of hydrogen-bond acceptors (Lipinski definition) is 4. The lowest BCUT2D eigenvalue weighted by Gasteiger charge is -2.09. The molecule has 0 aliphatic carbocycles. The molecule has 0 radical (unpaired) electrons. The number of furan rings is 1. The normalized spacial score (nSPS) is 13.1. The van der Waals surface area contributed by atoms with Gasteiger partial charge in [-0.2, -0.15) is 0 Å². The molecule has 0 saturated heterocycles.